The van der Waals surface area contributed by atoms with Gasteiger partial charge in [-0.05, 0) is 23.8 Å². The second-order valence-electron chi connectivity index (χ2n) is 5.46. The van der Waals surface area contributed by atoms with Crippen LogP contribution in [-0.4, -0.2) is 42.1 Å². The van der Waals surface area contributed by atoms with Gasteiger partial charge < -0.3 is 15.1 Å². The number of carbonyl (C=O) groups is 1. The Morgan fingerprint density at radius 3 is 2.48 bits per heavy atom. The molecule has 1 aromatic heterocycles. The van der Waals surface area contributed by atoms with E-state index in [9.17, 15) is 4.79 Å². The minimum atomic E-state index is -0.0346. The Kier molecular flexibility index (Phi) is 4.98. The van der Waals surface area contributed by atoms with E-state index in [0.29, 0.717) is 11.7 Å². The van der Waals surface area contributed by atoms with Crippen LogP contribution in [-0.2, 0) is 6.54 Å². The molecule has 0 bridgehead atoms. The summed E-state index contributed by atoms with van der Waals surface area (Å²) in [4.78, 5) is 20.4. The van der Waals surface area contributed by atoms with Crippen LogP contribution in [0.1, 0.15) is 5.56 Å². The van der Waals surface area contributed by atoms with E-state index in [0.717, 1.165) is 31.7 Å². The van der Waals surface area contributed by atoms with Gasteiger partial charge in [0.25, 0.3) is 0 Å². The second-order valence-corrected chi connectivity index (χ2v) is 5.84. The van der Waals surface area contributed by atoms with E-state index in [1.165, 1.54) is 5.69 Å². The molecule has 1 N–H and O–H groups in total. The smallest absolute Gasteiger partial charge is 0.317 e. The van der Waals surface area contributed by atoms with Gasteiger partial charge in [0, 0.05) is 44.6 Å². The molecule has 1 aromatic carbocycles. The summed E-state index contributed by atoms with van der Waals surface area (Å²) in [6, 6.07) is 13.8. The van der Waals surface area contributed by atoms with E-state index in [1.54, 1.807) is 12.3 Å². The van der Waals surface area contributed by atoms with Crippen molar-refractivity contribution in [2.24, 2.45) is 0 Å². The molecule has 2 amide bonds. The quantitative estimate of drug-likeness (QED) is 0.880. The van der Waals surface area contributed by atoms with Crippen LogP contribution in [0.25, 0.3) is 0 Å². The van der Waals surface area contributed by atoms with Gasteiger partial charge in [-0.3, -0.25) is 0 Å². The molecule has 0 atom stereocenters. The number of benzene rings is 1. The number of nitrogens with zero attached hydrogens (tertiary/aromatic N) is 3. The van der Waals surface area contributed by atoms with Crippen molar-refractivity contribution in [1.29, 1.82) is 0 Å². The van der Waals surface area contributed by atoms with Crippen LogP contribution in [0.5, 0.6) is 0 Å². The third-order valence-corrected chi connectivity index (χ3v) is 4.14. The van der Waals surface area contributed by atoms with Crippen molar-refractivity contribution in [2.45, 2.75) is 6.54 Å². The molecule has 0 radical (unpaired) electrons. The minimum absolute atomic E-state index is 0.0346. The predicted octanol–water partition coefficient (Wildman–Crippen LogP) is 2.77. The standard InChI is InChI=1S/C17H19ClN4O/c18-16-7-6-14(12-19-16)13-20-17(23)22-10-8-21(9-11-22)15-4-2-1-3-5-15/h1-7,12H,8-11,13H2,(H,20,23). The Morgan fingerprint density at radius 1 is 1.09 bits per heavy atom. The molecule has 0 unspecified atom stereocenters. The summed E-state index contributed by atoms with van der Waals surface area (Å²) in [5.74, 6) is 0. The first-order valence-corrected chi connectivity index (χ1v) is 8.03. The maximum Gasteiger partial charge on any atom is 0.317 e. The molecule has 0 spiro atoms. The lowest BCUT2D eigenvalue weighted by Crippen LogP contribution is -2.51. The lowest BCUT2D eigenvalue weighted by atomic mass is 10.2. The van der Waals surface area contributed by atoms with Crippen molar-refractivity contribution >= 4 is 23.3 Å². The highest BCUT2D eigenvalue weighted by Crippen LogP contribution is 2.15. The number of hydrogen-bond acceptors (Lipinski definition) is 3. The van der Waals surface area contributed by atoms with E-state index in [4.69, 9.17) is 11.6 Å². The summed E-state index contributed by atoms with van der Waals surface area (Å²) in [6.45, 7) is 3.60. The number of piperazine rings is 1. The summed E-state index contributed by atoms with van der Waals surface area (Å²) < 4.78 is 0. The van der Waals surface area contributed by atoms with Gasteiger partial charge in [0.15, 0.2) is 0 Å². The number of hydrogen-bond donors (Lipinski definition) is 1. The highest BCUT2D eigenvalue weighted by Gasteiger charge is 2.20. The molecular weight excluding hydrogens is 312 g/mol. The Balaban J connectivity index is 1.47. The number of aromatic nitrogens is 1. The number of halogens is 1. The normalized spacial score (nSPS) is 14.7. The fraction of sp³-hybridized carbons (Fsp3) is 0.294. The first-order chi connectivity index (χ1) is 11.2. The minimum Gasteiger partial charge on any atom is -0.368 e. The maximum absolute atomic E-state index is 12.2. The maximum atomic E-state index is 12.2. The molecule has 1 saturated heterocycles. The first kappa shape index (κ1) is 15.6. The van der Waals surface area contributed by atoms with Crippen LogP contribution < -0.4 is 10.2 Å². The molecule has 23 heavy (non-hydrogen) atoms. The van der Waals surface area contributed by atoms with E-state index < -0.39 is 0 Å². The van der Waals surface area contributed by atoms with Crippen molar-refractivity contribution in [3.8, 4) is 0 Å². The summed E-state index contributed by atoms with van der Waals surface area (Å²) in [7, 11) is 0. The number of amides is 2. The van der Waals surface area contributed by atoms with Crippen molar-refractivity contribution in [1.82, 2.24) is 15.2 Å². The van der Waals surface area contributed by atoms with Crippen molar-refractivity contribution < 1.29 is 4.79 Å². The number of para-hydroxylation sites is 1. The number of anilines is 1. The van der Waals surface area contributed by atoms with Crippen molar-refractivity contribution in [3.63, 3.8) is 0 Å². The van der Waals surface area contributed by atoms with Gasteiger partial charge in [-0.15, -0.1) is 0 Å². The van der Waals surface area contributed by atoms with Crippen LogP contribution >= 0.6 is 11.6 Å². The molecule has 120 valence electrons. The Hall–Kier alpha value is -2.27. The molecule has 5 nitrogen and oxygen atoms in total. The topological polar surface area (TPSA) is 48.5 Å². The van der Waals surface area contributed by atoms with Gasteiger partial charge in [-0.1, -0.05) is 35.9 Å². The zero-order valence-electron chi connectivity index (χ0n) is 12.8. The van der Waals surface area contributed by atoms with Crippen LogP contribution in [0, 0.1) is 0 Å². The summed E-state index contributed by atoms with van der Waals surface area (Å²) >= 11 is 5.75. The predicted molar refractivity (Wildman–Crippen MR) is 91.7 cm³/mol. The SMILES string of the molecule is O=C(NCc1ccc(Cl)nc1)N1CCN(c2ccccc2)CC1. The third kappa shape index (κ3) is 4.13. The molecule has 1 aliphatic rings. The van der Waals surface area contributed by atoms with Crippen LogP contribution in [0.2, 0.25) is 5.15 Å². The zero-order chi connectivity index (χ0) is 16.1. The third-order valence-electron chi connectivity index (χ3n) is 3.92. The summed E-state index contributed by atoms with van der Waals surface area (Å²) in [5, 5.41) is 3.38. The van der Waals surface area contributed by atoms with Gasteiger partial charge in [0.1, 0.15) is 5.15 Å². The molecule has 2 aromatic rings. The van der Waals surface area contributed by atoms with Gasteiger partial charge in [-0.2, -0.15) is 0 Å². The zero-order valence-corrected chi connectivity index (χ0v) is 13.5. The van der Waals surface area contributed by atoms with Gasteiger partial charge >= 0.3 is 6.03 Å². The van der Waals surface area contributed by atoms with Gasteiger partial charge in [0.05, 0.1) is 0 Å². The van der Waals surface area contributed by atoms with E-state index in [-0.39, 0.29) is 6.03 Å². The van der Waals surface area contributed by atoms with Crippen molar-refractivity contribution in [2.75, 3.05) is 31.1 Å². The lowest BCUT2D eigenvalue weighted by Gasteiger charge is -2.36. The monoisotopic (exact) mass is 330 g/mol. The number of rotatable bonds is 3. The molecule has 2 heterocycles. The molecule has 1 fully saturated rings. The van der Waals surface area contributed by atoms with Crippen LogP contribution in [0.4, 0.5) is 10.5 Å². The van der Waals surface area contributed by atoms with E-state index in [2.05, 4.69) is 27.3 Å². The van der Waals surface area contributed by atoms with E-state index in [1.807, 2.05) is 29.2 Å². The molecule has 1 aliphatic heterocycles. The number of pyridine rings is 1. The number of nitrogens with one attached hydrogen (secondary N) is 1. The average Bonchev–Trinajstić information content (AvgIpc) is 2.62. The number of carbonyl (C=O) groups excluding carboxylic acids is 1. The summed E-state index contributed by atoms with van der Waals surface area (Å²) in [6.07, 6.45) is 1.68. The van der Waals surface area contributed by atoms with Gasteiger partial charge in [-0.25, -0.2) is 9.78 Å². The number of urea groups is 1. The Labute approximate surface area is 140 Å². The van der Waals surface area contributed by atoms with E-state index >= 15 is 0 Å². The van der Waals surface area contributed by atoms with Crippen LogP contribution in [0.3, 0.4) is 0 Å². The highest BCUT2D eigenvalue weighted by molar-refractivity contribution is 6.29. The largest absolute Gasteiger partial charge is 0.368 e. The van der Waals surface area contributed by atoms with Gasteiger partial charge in [0.2, 0.25) is 0 Å². The second kappa shape index (κ2) is 7.33. The Morgan fingerprint density at radius 2 is 1.83 bits per heavy atom. The summed E-state index contributed by atoms with van der Waals surface area (Å²) in [5.41, 5.74) is 2.14. The average molecular weight is 331 g/mol. The molecule has 0 saturated carbocycles. The molecular formula is C17H19ClN4O. The lowest BCUT2D eigenvalue weighted by molar-refractivity contribution is 0.194. The van der Waals surface area contributed by atoms with Crippen LogP contribution in [0.15, 0.2) is 48.7 Å². The Bertz CT molecular complexity index is 639. The van der Waals surface area contributed by atoms with Crippen molar-refractivity contribution in [3.05, 3.63) is 59.4 Å². The highest BCUT2D eigenvalue weighted by atomic mass is 35.5. The molecule has 6 heteroatoms. The fourth-order valence-electron chi connectivity index (χ4n) is 2.61. The molecule has 0 aliphatic carbocycles. The fourth-order valence-corrected chi connectivity index (χ4v) is 2.72. The molecule has 3 rings (SSSR count). The first-order valence-electron chi connectivity index (χ1n) is 7.65.